The molecule has 3 nitrogen and oxygen atoms in total. The van der Waals surface area contributed by atoms with E-state index in [1.54, 1.807) is 0 Å². The van der Waals surface area contributed by atoms with Gasteiger partial charge in [-0.25, -0.2) is 0 Å². The Bertz CT molecular complexity index is 483. The molecule has 0 spiro atoms. The number of carbonyl (C=O) groups excluding carboxylic acids is 1. The number of hydrogen-bond donors (Lipinski definition) is 0. The molecule has 1 amide bonds. The van der Waals surface area contributed by atoms with Crippen molar-refractivity contribution in [3.63, 3.8) is 0 Å². The van der Waals surface area contributed by atoms with Crippen molar-refractivity contribution >= 4 is 5.91 Å². The number of benzene rings is 1. The van der Waals surface area contributed by atoms with Gasteiger partial charge in [-0.3, -0.25) is 9.69 Å². The number of fused-ring (bicyclic) bond motifs is 1. The summed E-state index contributed by atoms with van der Waals surface area (Å²) >= 11 is 0. The molecule has 21 heavy (non-hydrogen) atoms. The Balaban J connectivity index is 1.90. The zero-order valence-corrected chi connectivity index (χ0v) is 13.2. The van der Waals surface area contributed by atoms with Crippen LogP contribution in [0, 0.1) is 5.92 Å². The zero-order chi connectivity index (χ0) is 14.8. The van der Waals surface area contributed by atoms with Crippen LogP contribution in [-0.4, -0.2) is 34.8 Å². The van der Waals surface area contributed by atoms with Gasteiger partial charge in [0.15, 0.2) is 0 Å². The Morgan fingerprint density at radius 2 is 1.95 bits per heavy atom. The van der Waals surface area contributed by atoms with Gasteiger partial charge < -0.3 is 4.90 Å². The van der Waals surface area contributed by atoms with Crippen LogP contribution in [0.2, 0.25) is 0 Å². The van der Waals surface area contributed by atoms with Crippen LogP contribution in [0.3, 0.4) is 0 Å². The fourth-order valence-corrected chi connectivity index (χ4v) is 3.96. The van der Waals surface area contributed by atoms with Crippen molar-refractivity contribution in [3.8, 4) is 0 Å². The van der Waals surface area contributed by atoms with E-state index in [2.05, 4.69) is 47.9 Å². The molecule has 3 heteroatoms. The highest BCUT2D eigenvalue weighted by atomic mass is 16.2. The molecule has 0 saturated carbocycles. The van der Waals surface area contributed by atoms with Gasteiger partial charge in [-0.05, 0) is 31.2 Å². The second-order valence-electron chi connectivity index (χ2n) is 6.32. The molecular weight excluding hydrogens is 260 g/mol. The molecule has 0 bridgehead atoms. The lowest BCUT2D eigenvalue weighted by molar-refractivity contribution is -0.138. The molecule has 3 rings (SSSR count). The van der Waals surface area contributed by atoms with E-state index in [0.29, 0.717) is 11.9 Å². The van der Waals surface area contributed by atoms with Crippen molar-refractivity contribution in [1.29, 1.82) is 0 Å². The average molecular weight is 286 g/mol. The van der Waals surface area contributed by atoms with Gasteiger partial charge in [0.1, 0.15) is 6.17 Å². The first kappa shape index (κ1) is 14.6. The number of nitrogens with zero attached hydrogens (tertiary/aromatic N) is 2. The highest BCUT2D eigenvalue weighted by Gasteiger charge is 2.45. The Kier molecular flexibility index (Phi) is 4.29. The zero-order valence-electron chi connectivity index (χ0n) is 13.2. The molecule has 2 fully saturated rings. The molecular formula is C18H26N2O. The third kappa shape index (κ3) is 2.59. The van der Waals surface area contributed by atoms with Gasteiger partial charge in [-0.1, -0.05) is 44.2 Å². The molecule has 114 valence electrons. The maximum absolute atomic E-state index is 12.9. The van der Waals surface area contributed by atoms with Crippen LogP contribution < -0.4 is 0 Å². The Labute approximate surface area is 127 Å². The van der Waals surface area contributed by atoms with Crippen molar-refractivity contribution < 1.29 is 4.79 Å². The van der Waals surface area contributed by atoms with Crippen LogP contribution in [0.15, 0.2) is 30.3 Å². The number of carbonyl (C=O) groups is 1. The summed E-state index contributed by atoms with van der Waals surface area (Å²) < 4.78 is 0. The minimum absolute atomic E-state index is 0.159. The molecule has 0 aromatic heterocycles. The summed E-state index contributed by atoms with van der Waals surface area (Å²) in [4.78, 5) is 17.6. The molecule has 2 aliphatic heterocycles. The quantitative estimate of drug-likeness (QED) is 0.846. The third-order valence-electron chi connectivity index (χ3n) is 5.16. The van der Waals surface area contributed by atoms with Gasteiger partial charge >= 0.3 is 0 Å². The number of amides is 1. The van der Waals surface area contributed by atoms with Gasteiger partial charge in [0.2, 0.25) is 5.91 Å². The summed E-state index contributed by atoms with van der Waals surface area (Å²) in [7, 11) is 0. The second kappa shape index (κ2) is 6.18. The minimum Gasteiger partial charge on any atom is -0.321 e. The lowest BCUT2D eigenvalue weighted by Crippen LogP contribution is -2.38. The number of hydrogen-bond acceptors (Lipinski definition) is 2. The Morgan fingerprint density at radius 3 is 2.62 bits per heavy atom. The maximum Gasteiger partial charge on any atom is 0.227 e. The normalized spacial score (nSPS) is 25.6. The number of rotatable bonds is 4. The summed E-state index contributed by atoms with van der Waals surface area (Å²) in [5, 5.41) is 0. The van der Waals surface area contributed by atoms with E-state index < -0.39 is 0 Å². The molecule has 0 radical (unpaired) electrons. The molecule has 1 aromatic carbocycles. The highest BCUT2D eigenvalue weighted by Crippen LogP contribution is 2.39. The topological polar surface area (TPSA) is 23.6 Å². The lowest BCUT2D eigenvalue weighted by Gasteiger charge is -2.32. The van der Waals surface area contributed by atoms with E-state index >= 15 is 0 Å². The minimum atomic E-state index is 0.159. The fourth-order valence-electron chi connectivity index (χ4n) is 3.96. The molecule has 1 aromatic rings. The Morgan fingerprint density at radius 1 is 1.24 bits per heavy atom. The van der Waals surface area contributed by atoms with Crippen molar-refractivity contribution in [2.24, 2.45) is 5.92 Å². The van der Waals surface area contributed by atoms with Gasteiger partial charge in [0.05, 0.1) is 0 Å². The van der Waals surface area contributed by atoms with Crippen LogP contribution >= 0.6 is 0 Å². The molecule has 2 aliphatic rings. The van der Waals surface area contributed by atoms with E-state index in [1.165, 1.54) is 18.4 Å². The van der Waals surface area contributed by atoms with Crippen LogP contribution in [0.1, 0.15) is 51.3 Å². The summed E-state index contributed by atoms with van der Waals surface area (Å²) in [6.45, 7) is 6.29. The van der Waals surface area contributed by atoms with Gasteiger partial charge in [-0.15, -0.1) is 0 Å². The summed E-state index contributed by atoms with van der Waals surface area (Å²) in [5.41, 5.74) is 1.27. The van der Waals surface area contributed by atoms with E-state index in [4.69, 9.17) is 0 Å². The SMILES string of the molecule is CCC(CC)C(=O)N1CC2CCCN2C1c1ccccc1. The lowest BCUT2D eigenvalue weighted by atomic mass is 10.0. The smallest absolute Gasteiger partial charge is 0.227 e. The van der Waals surface area contributed by atoms with E-state index in [9.17, 15) is 4.79 Å². The molecule has 2 saturated heterocycles. The molecule has 0 N–H and O–H groups in total. The molecule has 2 atom stereocenters. The standard InChI is InChI=1S/C18H26N2O/c1-3-14(4-2)18(21)20-13-16-11-8-12-19(16)17(20)15-9-6-5-7-10-15/h5-7,9-10,14,16-17H,3-4,8,11-13H2,1-2H3. The predicted molar refractivity (Wildman–Crippen MR) is 84.7 cm³/mol. The molecule has 2 unspecified atom stereocenters. The van der Waals surface area contributed by atoms with Crippen LogP contribution in [0.25, 0.3) is 0 Å². The van der Waals surface area contributed by atoms with E-state index in [0.717, 1.165) is 25.9 Å². The fraction of sp³-hybridized carbons (Fsp3) is 0.611. The van der Waals surface area contributed by atoms with Gasteiger partial charge in [0, 0.05) is 25.0 Å². The average Bonchev–Trinajstić information content (AvgIpc) is 3.09. The highest BCUT2D eigenvalue weighted by molar-refractivity contribution is 5.79. The van der Waals surface area contributed by atoms with E-state index in [1.807, 2.05) is 6.07 Å². The van der Waals surface area contributed by atoms with Crippen molar-refractivity contribution in [1.82, 2.24) is 9.80 Å². The van der Waals surface area contributed by atoms with Crippen molar-refractivity contribution in [3.05, 3.63) is 35.9 Å². The van der Waals surface area contributed by atoms with Crippen LogP contribution in [0.5, 0.6) is 0 Å². The summed E-state index contributed by atoms with van der Waals surface area (Å²) in [6.07, 6.45) is 4.54. The first-order valence-corrected chi connectivity index (χ1v) is 8.37. The molecule has 2 heterocycles. The van der Waals surface area contributed by atoms with Crippen LogP contribution in [-0.2, 0) is 4.79 Å². The Hall–Kier alpha value is -1.35. The predicted octanol–water partition coefficient (Wildman–Crippen LogP) is 3.43. The third-order valence-corrected chi connectivity index (χ3v) is 5.16. The first-order chi connectivity index (χ1) is 10.3. The van der Waals surface area contributed by atoms with Crippen LogP contribution in [0.4, 0.5) is 0 Å². The van der Waals surface area contributed by atoms with Crippen molar-refractivity contribution in [2.75, 3.05) is 13.1 Å². The van der Waals surface area contributed by atoms with E-state index in [-0.39, 0.29) is 12.1 Å². The monoisotopic (exact) mass is 286 g/mol. The van der Waals surface area contributed by atoms with Crippen molar-refractivity contribution in [2.45, 2.75) is 51.7 Å². The molecule has 0 aliphatic carbocycles. The largest absolute Gasteiger partial charge is 0.321 e. The van der Waals surface area contributed by atoms with Gasteiger partial charge in [-0.2, -0.15) is 0 Å². The maximum atomic E-state index is 12.9. The van der Waals surface area contributed by atoms with Gasteiger partial charge in [0.25, 0.3) is 0 Å². The second-order valence-corrected chi connectivity index (χ2v) is 6.32. The summed E-state index contributed by atoms with van der Waals surface area (Å²) in [5.74, 6) is 0.527. The summed E-state index contributed by atoms with van der Waals surface area (Å²) in [6, 6.07) is 11.1. The first-order valence-electron chi connectivity index (χ1n) is 8.37.